The van der Waals surface area contributed by atoms with E-state index in [9.17, 15) is 0 Å². The monoisotopic (exact) mass is 465 g/mol. The van der Waals surface area contributed by atoms with Crippen molar-refractivity contribution in [2.24, 2.45) is 4.99 Å². The van der Waals surface area contributed by atoms with Crippen LogP contribution in [0.15, 0.2) is 46.4 Å². The summed E-state index contributed by atoms with van der Waals surface area (Å²) < 4.78 is 0. The van der Waals surface area contributed by atoms with Gasteiger partial charge in [-0.25, -0.2) is 4.99 Å². The van der Waals surface area contributed by atoms with E-state index in [1.165, 1.54) is 4.90 Å². The summed E-state index contributed by atoms with van der Waals surface area (Å²) in [7, 11) is 0. The first-order valence-corrected chi connectivity index (χ1v) is 8.53. The molecular weight excluding hydrogens is 445 g/mol. The Bertz CT molecular complexity index is 574. The largest absolute Gasteiger partial charge is 0.357 e. The number of benzene rings is 1. The minimum atomic E-state index is 0. The van der Waals surface area contributed by atoms with Gasteiger partial charge in [-0.2, -0.15) is 5.10 Å². The molecule has 0 amide bonds. The molecule has 0 aliphatic heterocycles. The first kappa shape index (κ1) is 20.1. The molecule has 0 spiro atoms. The predicted molar refractivity (Wildman–Crippen MR) is 109 cm³/mol. The number of hydrogen-bond acceptors (Lipinski definition) is 3. The highest BCUT2D eigenvalue weighted by Crippen LogP contribution is 2.19. The van der Waals surface area contributed by atoms with Crippen LogP contribution in [0, 0.1) is 0 Å². The zero-order valence-corrected chi connectivity index (χ0v) is 16.8. The lowest BCUT2D eigenvalue weighted by atomic mass is 10.4. The molecule has 8 heteroatoms. The van der Waals surface area contributed by atoms with Crippen molar-refractivity contribution in [1.29, 1.82) is 0 Å². The second kappa shape index (κ2) is 11.6. The summed E-state index contributed by atoms with van der Waals surface area (Å²) >= 11 is 7.66. The fourth-order valence-corrected chi connectivity index (χ4v) is 2.64. The van der Waals surface area contributed by atoms with Crippen molar-refractivity contribution in [1.82, 2.24) is 20.8 Å². The highest BCUT2D eigenvalue weighted by molar-refractivity contribution is 14.0. The van der Waals surface area contributed by atoms with Gasteiger partial charge < -0.3 is 10.6 Å². The summed E-state index contributed by atoms with van der Waals surface area (Å²) in [6.45, 7) is 4.30. The Labute approximate surface area is 163 Å². The minimum absolute atomic E-state index is 0. The highest BCUT2D eigenvalue weighted by Gasteiger charge is 1.99. The van der Waals surface area contributed by atoms with Gasteiger partial charge in [-0.15, -0.1) is 35.7 Å². The summed E-state index contributed by atoms with van der Waals surface area (Å²) in [4.78, 5) is 5.72. The maximum absolute atomic E-state index is 5.87. The molecule has 126 valence electrons. The van der Waals surface area contributed by atoms with E-state index in [1.807, 2.05) is 30.3 Å². The van der Waals surface area contributed by atoms with Crippen molar-refractivity contribution in [2.45, 2.75) is 18.4 Å². The van der Waals surface area contributed by atoms with Crippen molar-refractivity contribution in [3.63, 3.8) is 0 Å². The van der Waals surface area contributed by atoms with Gasteiger partial charge >= 0.3 is 0 Å². The first-order chi connectivity index (χ1) is 10.8. The molecule has 23 heavy (non-hydrogen) atoms. The summed E-state index contributed by atoms with van der Waals surface area (Å²) in [6, 6.07) is 9.80. The van der Waals surface area contributed by atoms with Crippen molar-refractivity contribution in [2.75, 3.05) is 18.8 Å². The molecule has 2 aromatic rings. The molecule has 3 N–H and O–H groups in total. The van der Waals surface area contributed by atoms with Gasteiger partial charge in [-0.3, -0.25) is 5.10 Å². The Morgan fingerprint density at radius 1 is 1.26 bits per heavy atom. The number of aliphatic imine (C=N–C) groups is 1. The lowest BCUT2D eigenvalue weighted by molar-refractivity contribution is 0.834. The lowest BCUT2D eigenvalue weighted by Crippen LogP contribution is -2.38. The van der Waals surface area contributed by atoms with Crippen LogP contribution in [0.3, 0.4) is 0 Å². The molecule has 0 saturated heterocycles. The topological polar surface area (TPSA) is 65.1 Å². The highest BCUT2D eigenvalue weighted by atomic mass is 127. The Balaban J connectivity index is 0.00000264. The molecule has 0 atom stereocenters. The Morgan fingerprint density at radius 3 is 2.70 bits per heavy atom. The number of halogens is 2. The van der Waals surface area contributed by atoms with Crippen molar-refractivity contribution in [3.8, 4) is 0 Å². The van der Waals surface area contributed by atoms with Crippen LogP contribution in [0.4, 0.5) is 0 Å². The van der Waals surface area contributed by atoms with Gasteiger partial charge in [0.15, 0.2) is 5.96 Å². The molecule has 0 bridgehead atoms. The fourth-order valence-electron chi connectivity index (χ4n) is 1.75. The average Bonchev–Trinajstić information content (AvgIpc) is 3.04. The van der Waals surface area contributed by atoms with E-state index in [-0.39, 0.29) is 24.0 Å². The Kier molecular flexibility index (Phi) is 10.1. The van der Waals surface area contributed by atoms with Gasteiger partial charge in [0.2, 0.25) is 0 Å². The van der Waals surface area contributed by atoms with Crippen LogP contribution in [0.25, 0.3) is 0 Å². The SMILES string of the molecule is CCNC(=NCc1ccn[nH]1)NCCSc1ccc(Cl)cc1.I. The van der Waals surface area contributed by atoms with Gasteiger partial charge in [0.05, 0.1) is 12.2 Å². The van der Waals surface area contributed by atoms with Crippen LogP contribution in [0.2, 0.25) is 5.02 Å². The minimum Gasteiger partial charge on any atom is -0.357 e. The molecule has 1 aromatic carbocycles. The van der Waals surface area contributed by atoms with Crippen LogP contribution in [-0.4, -0.2) is 35.0 Å². The number of aromatic amines is 1. The van der Waals surface area contributed by atoms with Crippen molar-refractivity contribution < 1.29 is 0 Å². The van der Waals surface area contributed by atoms with E-state index in [1.54, 1.807) is 18.0 Å². The Morgan fingerprint density at radius 2 is 2.04 bits per heavy atom. The van der Waals surface area contributed by atoms with E-state index in [2.05, 4.69) is 32.7 Å². The molecule has 1 aromatic heterocycles. The molecule has 0 unspecified atom stereocenters. The standard InChI is InChI=1S/C15H20ClN5S.HI/c1-2-17-15(19-11-13-7-8-20-21-13)18-9-10-22-14-5-3-12(16)4-6-14;/h3-8H,2,9-11H2,1H3,(H,20,21)(H2,17,18,19);1H. The average molecular weight is 466 g/mol. The fraction of sp³-hybridized carbons (Fsp3) is 0.333. The van der Waals surface area contributed by atoms with Crippen LogP contribution in [-0.2, 0) is 6.54 Å². The molecule has 1 heterocycles. The van der Waals surface area contributed by atoms with E-state index >= 15 is 0 Å². The zero-order valence-electron chi connectivity index (χ0n) is 12.9. The van der Waals surface area contributed by atoms with Gasteiger partial charge in [-0.1, -0.05) is 11.6 Å². The molecule has 0 aliphatic rings. The van der Waals surface area contributed by atoms with Crippen molar-refractivity contribution in [3.05, 3.63) is 47.2 Å². The number of thioether (sulfide) groups is 1. The third kappa shape index (κ3) is 7.94. The number of nitrogens with zero attached hydrogens (tertiary/aromatic N) is 2. The van der Waals surface area contributed by atoms with Gasteiger partial charge in [0.25, 0.3) is 0 Å². The number of nitrogens with one attached hydrogen (secondary N) is 3. The molecule has 0 fully saturated rings. The van der Waals surface area contributed by atoms with Gasteiger partial charge in [-0.05, 0) is 37.3 Å². The van der Waals surface area contributed by atoms with E-state index in [0.29, 0.717) is 6.54 Å². The maximum atomic E-state index is 5.87. The van der Waals surface area contributed by atoms with Crippen molar-refractivity contribution >= 4 is 53.3 Å². The van der Waals surface area contributed by atoms with Crippen LogP contribution >= 0.6 is 47.3 Å². The van der Waals surface area contributed by atoms with E-state index in [0.717, 1.165) is 35.5 Å². The second-order valence-electron chi connectivity index (χ2n) is 4.51. The third-order valence-electron chi connectivity index (χ3n) is 2.79. The molecular formula is C15H21ClIN5S. The van der Waals surface area contributed by atoms with Crippen LogP contribution in [0.1, 0.15) is 12.6 Å². The maximum Gasteiger partial charge on any atom is 0.191 e. The van der Waals surface area contributed by atoms with Crippen LogP contribution < -0.4 is 10.6 Å². The molecule has 2 rings (SSSR count). The predicted octanol–water partition coefficient (Wildman–Crippen LogP) is 3.53. The van der Waals surface area contributed by atoms with Gasteiger partial charge in [0, 0.05) is 35.0 Å². The molecule has 0 saturated carbocycles. The summed E-state index contributed by atoms with van der Waals surface area (Å²) in [6.07, 6.45) is 1.73. The molecule has 0 aliphatic carbocycles. The normalized spacial score (nSPS) is 11.0. The Hall–Kier alpha value is -0.930. The van der Waals surface area contributed by atoms with Gasteiger partial charge in [0.1, 0.15) is 0 Å². The van der Waals surface area contributed by atoms with E-state index in [4.69, 9.17) is 11.6 Å². The first-order valence-electron chi connectivity index (χ1n) is 7.16. The van der Waals surface area contributed by atoms with Crippen LogP contribution in [0.5, 0.6) is 0 Å². The van der Waals surface area contributed by atoms with E-state index < -0.39 is 0 Å². The third-order valence-corrected chi connectivity index (χ3v) is 4.05. The number of guanidine groups is 1. The quantitative estimate of drug-likeness (QED) is 0.192. The smallest absolute Gasteiger partial charge is 0.191 e. The number of rotatable bonds is 7. The summed E-state index contributed by atoms with van der Waals surface area (Å²) in [5, 5.41) is 14.1. The number of H-pyrrole nitrogens is 1. The molecule has 0 radical (unpaired) electrons. The lowest BCUT2D eigenvalue weighted by Gasteiger charge is -2.10. The number of hydrogen-bond donors (Lipinski definition) is 3. The molecule has 5 nitrogen and oxygen atoms in total. The zero-order chi connectivity index (χ0) is 15.6. The summed E-state index contributed by atoms with van der Waals surface area (Å²) in [5.41, 5.74) is 0.993. The second-order valence-corrected chi connectivity index (χ2v) is 6.11. The summed E-state index contributed by atoms with van der Waals surface area (Å²) in [5.74, 6) is 1.77. The number of aromatic nitrogens is 2.